The third-order valence-corrected chi connectivity index (χ3v) is 4.95. The highest BCUT2D eigenvalue weighted by Gasteiger charge is 2.50. The van der Waals surface area contributed by atoms with Crippen LogP contribution in [0.5, 0.6) is 0 Å². The van der Waals surface area contributed by atoms with Crippen molar-refractivity contribution in [3.63, 3.8) is 0 Å². The molecule has 0 amide bonds. The van der Waals surface area contributed by atoms with Crippen LogP contribution in [0.1, 0.15) is 47.0 Å². The first kappa shape index (κ1) is 18.3. The summed E-state index contributed by atoms with van der Waals surface area (Å²) < 4.78 is 6.10. The first-order valence-electron chi connectivity index (χ1n) is 8.31. The van der Waals surface area contributed by atoms with E-state index in [1.54, 1.807) is 0 Å². The molecule has 0 saturated heterocycles. The minimum absolute atomic E-state index is 0.327. The summed E-state index contributed by atoms with van der Waals surface area (Å²) in [4.78, 5) is 2.17. The van der Waals surface area contributed by atoms with Gasteiger partial charge in [-0.2, -0.15) is 12.6 Å². The predicted octanol–water partition coefficient (Wildman–Crippen LogP) is 3.96. The topological polar surface area (TPSA) is 12.5 Å². The second-order valence-corrected chi connectivity index (χ2v) is 7.99. The van der Waals surface area contributed by atoms with E-state index < -0.39 is 0 Å². The van der Waals surface area contributed by atoms with Gasteiger partial charge in [0.2, 0.25) is 0 Å². The number of rotatable bonds is 10. The highest BCUT2D eigenvalue weighted by atomic mass is 32.1. The molecule has 1 fully saturated rings. The monoisotopic (exact) mass is 301 g/mol. The van der Waals surface area contributed by atoms with Crippen LogP contribution in [0.2, 0.25) is 0 Å². The summed E-state index contributed by atoms with van der Waals surface area (Å²) >= 11 is 4.60. The van der Waals surface area contributed by atoms with E-state index in [0.717, 1.165) is 36.8 Å². The minimum Gasteiger partial charge on any atom is -0.376 e. The van der Waals surface area contributed by atoms with Gasteiger partial charge >= 0.3 is 0 Å². The largest absolute Gasteiger partial charge is 0.376 e. The lowest BCUT2D eigenvalue weighted by atomic mass is 9.90. The molecule has 120 valence electrons. The minimum atomic E-state index is 0.327. The van der Waals surface area contributed by atoms with E-state index in [-0.39, 0.29) is 0 Å². The zero-order chi connectivity index (χ0) is 15.3. The van der Waals surface area contributed by atoms with E-state index in [1.165, 1.54) is 19.3 Å². The van der Waals surface area contributed by atoms with Crippen LogP contribution in [0, 0.1) is 23.7 Å². The van der Waals surface area contributed by atoms with Crippen LogP contribution in [0.4, 0.5) is 0 Å². The van der Waals surface area contributed by atoms with Gasteiger partial charge in [-0.25, -0.2) is 0 Å². The standard InChI is InChI=1S/C17H35NOS/c1-7-8-12(2)9-13(3)16-14(4)17(16)19-11-15(20)10-18(5)6/h12-17,20H,7-11H2,1-6H3/t12-,13+,14-,15?,16+,17?/m0/s1. The summed E-state index contributed by atoms with van der Waals surface area (Å²) in [5, 5.41) is 0.327. The van der Waals surface area contributed by atoms with Crippen molar-refractivity contribution in [1.82, 2.24) is 4.90 Å². The molecule has 2 unspecified atom stereocenters. The van der Waals surface area contributed by atoms with E-state index in [0.29, 0.717) is 11.4 Å². The second kappa shape index (κ2) is 8.65. The molecule has 3 heteroatoms. The van der Waals surface area contributed by atoms with Crippen molar-refractivity contribution in [1.29, 1.82) is 0 Å². The van der Waals surface area contributed by atoms with Gasteiger partial charge in [0.15, 0.2) is 0 Å². The maximum absolute atomic E-state index is 6.10. The lowest BCUT2D eigenvalue weighted by Crippen LogP contribution is -2.26. The summed E-state index contributed by atoms with van der Waals surface area (Å²) in [6, 6.07) is 0. The van der Waals surface area contributed by atoms with Crippen LogP contribution in [-0.4, -0.2) is 43.5 Å². The van der Waals surface area contributed by atoms with Gasteiger partial charge in [0.1, 0.15) is 0 Å². The molecule has 0 N–H and O–H groups in total. The van der Waals surface area contributed by atoms with Crippen LogP contribution < -0.4 is 0 Å². The molecular formula is C17H35NOS. The molecule has 0 bridgehead atoms. The van der Waals surface area contributed by atoms with Gasteiger partial charge in [0, 0.05) is 11.8 Å². The molecule has 0 aromatic rings. The van der Waals surface area contributed by atoms with Crippen LogP contribution in [0.25, 0.3) is 0 Å². The van der Waals surface area contributed by atoms with Gasteiger partial charge in [-0.15, -0.1) is 0 Å². The highest BCUT2D eigenvalue weighted by molar-refractivity contribution is 7.81. The van der Waals surface area contributed by atoms with Crippen LogP contribution in [0.3, 0.4) is 0 Å². The fourth-order valence-electron chi connectivity index (χ4n) is 3.66. The average molecular weight is 302 g/mol. The molecule has 0 heterocycles. The fraction of sp³-hybridized carbons (Fsp3) is 1.00. The molecule has 2 nitrogen and oxygen atoms in total. The smallest absolute Gasteiger partial charge is 0.0639 e. The van der Waals surface area contributed by atoms with Crippen molar-refractivity contribution >= 4 is 12.6 Å². The molecule has 1 aliphatic rings. The number of ether oxygens (including phenoxy) is 1. The van der Waals surface area contributed by atoms with Crippen LogP contribution in [0.15, 0.2) is 0 Å². The lowest BCUT2D eigenvalue weighted by Gasteiger charge is -2.18. The molecule has 1 rings (SSSR count). The molecular weight excluding hydrogens is 266 g/mol. The Labute approximate surface area is 132 Å². The molecule has 1 saturated carbocycles. The first-order chi connectivity index (χ1) is 9.36. The van der Waals surface area contributed by atoms with Crippen LogP contribution in [-0.2, 0) is 4.74 Å². The lowest BCUT2D eigenvalue weighted by molar-refractivity contribution is 0.0925. The summed E-state index contributed by atoms with van der Waals surface area (Å²) in [5.41, 5.74) is 0. The molecule has 0 aromatic heterocycles. The first-order valence-corrected chi connectivity index (χ1v) is 8.82. The van der Waals surface area contributed by atoms with Gasteiger partial charge in [-0.3, -0.25) is 0 Å². The highest BCUT2D eigenvalue weighted by Crippen LogP contribution is 2.48. The molecule has 0 radical (unpaired) electrons. The van der Waals surface area contributed by atoms with Crippen molar-refractivity contribution < 1.29 is 4.74 Å². The molecule has 0 aromatic carbocycles. The van der Waals surface area contributed by atoms with Crippen molar-refractivity contribution in [2.75, 3.05) is 27.2 Å². The number of thiol groups is 1. The van der Waals surface area contributed by atoms with Gasteiger partial charge in [0.05, 0.1) is 12.7 Å². The summed E-state index contributed by atoms with van der Waals surface area (Å²) in [7, 11) is 4.17. The Bertz CT molecular complexity index is 272. The Morgan fingerprint density at radius 2 is 1.90 bits per heavy atom. The Balaban J connectivity index is 2.26. The molecule has 6 atom stereocenters. The zero-order valence-electron chi connectivity index (χ0n) is 14.3. The third kappa shape index (κ3) is 5.95. The molecule has 0 spiro atoms. The number of hydrogen-bond acceptors (Lipinski definition) is 3. The quantitative estimate of drug-likeness (QED) is 0.613. The molecule has 1 aliphatic carbocycles. The van der Waals surface area contributed by atoms with Gasteiger partial charge in [0.25, 0.3) is 0 Å². The predicted molar refractivity (Wildman–Crippen MR) is 91.6 cm³/mol. The van der Waals surface area contributed by atoms with E-state index in [9.17, 15) is 0 Å². The molecule has 20 heavy (non-hydrogen) atoms. The normalized spacial score (nSPS) is 30.3. The summed E-state index contributed by atoms with van der Waals surface area (Å²) in [6.45, 7) is 11.2. The summed E-state index contributed by atoms with van der Waals surface area (Å²) in [6.07, 6.45) is 4.50. The summed E-state index contributed by atoms with van der Waals surface area (Å²) in [5.74, 6) is 3.16. The Morgan fingerprint density at radius 3 is 2.45 bits per heavy atom. The van der Waals surface area contributed by atoms with Crippen molar-refractivity contribution in [3.8, 4) is 0 Å². The maximum atomic E-state index is 6.10. The zero-order valence-corrected chi connectivity index (χ0v) is 15.2. The average Bonchev–Trinajstić information content (AvgIpc) is 2.96. The van der Waals surface area contributed by atoms with E-state index in [2.05, 4.69) is 59.3 Å². The van der Waals surface area contributed by atoms with E-state index in [4.69, 9.17) is 4.74 Å². The van der Waals surface area contributed by atoms with Crippen LogP contribution >= 0.6 is 12.6 Å². The number of hydrogen-bond donors (Lipinski definition) is 1. The number of nitrogens with zero attached hydrogens (tertiary/aromatic N) is 1. The van der Waals surface area contributed by atoms with Gasteiger partial charge < -0.3 is 9.64 Å². The van der Waals surface area contributed by atoms with Crippen molar-refractivity contribution in [2.24, 2.45) is 23.7 Å². The van der Waals surface area contributed by atoms with Crippen molar-refractivity contribution in [3.05, 3.63) is 0 Å². The Kier molecular flexibility index (Phi) is 7.92. The van der Waals surface area contributed by atoms with E-state index in [1.807, 2.05) is 0 Å². The van der Waals surface area contributed by atoms with Gasteiger partial charge in [-0.1, -0.05) is 40.5 Å². The fourth-order valence-corrected chi connectivity index (χ4v) is 4.07. The SMILES string of the molecule is CCC[C@H](C)C[C@@H](C)[C@H]1C(OCC(S)CN(C)C)[C@H]1C. The molecule has 0 aliphatic heterocycles. The van der Waals surface area contributed by atoms with Gasteiger partial charge in [-0.05, 0) is 44.2 Å². The van der Waals surface area contributed by atoms with E-state index >= 15 is 0 Å². The Morgan fingerprint density at radius 1 is 1.25 bits per heavy atom. The third-order valence-electron chi connectivity index (χ3n) is 4.63. The maximum Gasteiger partial charge on any atom is 0.0639 e. The Hall–Kier alpha value is 0.270. The second-order valence-electron chi connectivity index (χ2n) is 7.26. The van der Waals surface area contributed by atoms with Crippen molar-refractivity contribution in [2.45, 2.75) is 58.3 Å².